The minimum absolute atomic E-state index is 0.468. The molecule has 7 heteroatoms. The summed E-state index contributed by atoms with van der Waals surface area (Å²) in [6, 6.07) is 1.87. The number of hydrogen-bond donors (Lipinski definition) is 0. The van der Waals surface area contributed by atoms with E-state index in [2.05, 4.69) is 23.5 Å². The third-order valence-corrected chi connectivity index (χ3v) is 4.74. The highest BCUT2D eigenvalue weighted by molar-refractivity contribution is 6.54. The molecule has 24 heavy (non-hydrogen) atoms. The van der Waals surface area contributed by atoms with Crippen molar-refractivity contribution in [1.29, 1.82) is 0 Å². The second-order valence-corrected chi connectivity index (χ2v) is 7.83. The zero-order valence-corrected chi connectivity index (χ0v) is 15.2. The number of hydrogen-bond acceptors (Lipinski definition) is 3. The lowest BCUT2D eigenvalue weighted by atomic mass is 9.87. The van der Waals surface area contributed by atoms with E-state index in [1.807, 2.05) is 46.2 Å². The SMILES string of the molecule is CC(C)Cn1ccn2nc(C=C(F)B3OC(C)(C)C(C)(C)O3)cc12. The van der Waals surface area contributed by atoms with Crippen LogP contribution in [0, 0.1) is 5.92 Å². The quantitative estimate of drug-likeness (QED) is 0.801. The van der Waals surface area contributed by atoms with E-state index in [-0.39, 0.29) is 0 Å². The van der Waals surface area contributed by atoms with Crippen molar-refractivity contribution in [2.24, 2.45) is 5.92 Å². The maximum Gasteiger partial charge on any atom is 0.525 e. The summed E-state index contributed by atoms with van der Waals surface area (Å²) in [5.74, 6) is 0.525. The van der Waals surface area contributed by atoms with Gasteiger partial charge in [-0.3, -0.25) is 0 Å². The van der Waals surface area contributed by atoms with Gasteiger partial charge in [-0.15, -0.1) is 0 Å². The fourth-order valence-corrected chi connectivity index (χ4v) is 2.73. The monoisotopic (exact) mass is 333 g/mol. The molecule has 0 N–H and O–H groups in total. The van der Waals surface area contributed by atoms with Crippen molar-refractivity contribution in [3.63, 3.8) is 0 Å². The third kappa shape index (κ3) is 3.02. The highest BCUT2D eigenvalue weighted by atomic mass is 19.1. The molecule has 3 heterocycles. The molecule has 0 aliphatic carbocycles. The first kappa shape index (κ1) is 17.2. The summed E-state index contributed by atoms with van der Waals surface area (Å²) in [5, 5.41) is 4.39. The molecule has 5 nitrogen and oxygen atoms in total. The number of nitrogens with zero attached hydrogens (tertiary/aromatic N) is 3. The lowest BCUT2D eigenvalue weighted by Crippen LogP contribution is -2.41. The summed E-state index contributed by atoms with van der Waals surface area (Å²) in [6.07, 6.45) is 5.25. The average molecular weight is 333 g/mol. The molecular weight excluding hydrogens is 308 g/mol. The number of aromatic nitrogens is 3. The predicted molar refractivity (Wildman–Crippen MR) is 93.2 cm³/mol. The van der Waals surface area contributed by atoms with Crippen molar-refractivity contribution in [3.05, 3.63) is 29.9 Å². The van der Waals surface area contributed by atoms with Gasteiger partial charge in [-0.1, -0.05) is 13.8 Å². The van der Waals surface area contributed by atoms with Gasteiger partial charge >= 0.3 is 7.12 Å². The van der Waals surface area contributed by atoms with E-state index in [0.29, 0.717) is 11.6 Å². The molecule has 0 bridgehead atoms. The van der Waals surface area contributed by atoms with Crippen molar-refractivity contribution in [2.75, 3.05) is 0 Å². The van der Waals surface area contributed by atoms with Gasteiger partial charge in [-0.05, 0) is 39.7 Å². The van der Waals surface area contributed by atoms with Crippen molar-refractivity contribution in [3.8, 4) is 0 Å². The van der Waals surface area contributed by atoms with Gasteiger partial charge in [0.05, 0.1) is 16.9 Å². The normalized spacial score (nSPS) is 20.5. The Bertz CT molecular complexity index is 760. The van der Waals surface area contributed by atoms with E-state index in [1.54, 1.807) is 4.52 Å². The van der Waals surface area contributed by atoms with Gasteiger partial charge in [0.2, 0.25) is 0 Å². The highest BCUT2D eigenvalue weighted by Gasteiger charge is 2.53. The van der Waals surface area contributed by atoms with Crippen molar-refractivity contribution >= 4 is 18.8 Å². The molecule has 1 aliphatic heterocycles. The lowest BCUT2D eigenvalue weighted by molar-refractivity contribution is 0.00578. The molecule has 0 aromatic carbocycles. The van der Waals surface area contributed by atoms with Crippen LogP contribution in [0.15, 0.2) is 24.2 Å². The molecule has 0 atom stereocenters. The van der Waals surface area contributed by atoms with Crippen LogP contribution in [0.25, 0.3) is 11.7 Å². The van der Waals surface area contributed by atoms with Crippen LogP contribution in [0.4, 0.5) is 4.39 Å². The summed E-state index contributed by atoms with van der Waals surface area (Å²) in [7, 11) is -0.992. The van der Waals surface area contributed by atoms with E-state index in [1.165, 1.54) is 6.08 Å². The molecule has 0 amide bonds. The minimum Gasteiger partial charge on any atom is -0.398 e. The van der Waals surface area contributed by atoms with E-state index >= 15 is 0 Å². The van der Waals surface area contributed by atoms with Gasteiger partial charge in [-0.2, -0.15) is 5.10 Å². The number of halogens is 1. The maximum absolute atomic E-state index is 14.6. The van der Waals surface area contributed by atoms with Crippen molar-refractivity contribution in [2.45, 2.75) is 59.3 Å². The van der Waals surface area contributed by atoms with Crippen LogP contribution in [0.2, 0.25) is 0 Å². The average Bonchev–Trinajstić information content (AvgIpc) is 3.04. The lowest BCUT2D eigenvalue weighted by Gasteiger charge is -2.32. The van der Waals surface area contributed by atoms with Crippen LogP contribution in [-0.4, -0.2) is 32.5 Å². The highest BCUT2D eigenvalue weighted by Crippen LogP contribution is 2.39. The topological polar surface area (TPSA) is 40.7 Å². The van der Waals surface area contributed by atoms with Crippen molar-refractivity contribution < 1.29 is 13.7 Å². The summed E-state index contributed by atoms with van der Waals surface area (Å²) >= 11 is 0. The van der Waals surface area contributed by atoms with Crippen LogP contribution in [0.1, 0.15) is 47.2 Å². The van der Waals surface area contributed by atoms with E-state index in [9.17, 15) is 4.39 Å². The zero-order chi connectivity index (χ0) is 17.7. The smallest absolute Gasteiger partial charge is 0.398 e. The summed E-state index contributed by atoms with van der Waals surface area (Å²) in [4.78, 5) is 0. The zero-order valence-electron chi connectivity index (χ0n) is 15.2. The van der Waals surface area contributed by atoms with Crippen LogP contribution >= 0.6 is 0 Å². The van der Waals surface area contributed by atoms with Crippen LogP contribution in [0.3, 0.4) is 0 Å². The van der Waals surface area contributed by atoms with E-state index in [0.717, 1.165) is 12.2 Å². The molecule has 0 spiro atoms. The molecule has 1 fully saturated rings. The van der Waals surface area contributed by atoms with Gasteiger partial charge in [0.1, 0.15) is 11.4 Å². The van der Waals surface area contributed by atoms with Crippen molar-refractivity contribution in [1.82, 2.24) is 14.2 Å². The molecule has 2 aromatic rings. The molecule has 1 aliphatic rings. The molecule has 130 valence electrons. The first-order valence-electron chi connectivity index (χ1n) is 8.36. The van der Waals surface area contributed by atoms with Gasteiger partial charge in [0.15, 0.2) is 0 Å². The summed E-state index contributed by atoms with van der Waals surface area (Å²) in [6.45, 7) is 12.8. The fourth-order valence-electron chi connectivity index (χ4n) is 2.73. The van der Waals surface area contributed by atoms with E-state index < -0.39 is 24.0 Å². The number of fused-ring (bicyclic) bond motifs is 1. The van der Waals surface area contributed by atoms with Gasteiger partial charge < -0.3 is 13.9 Å². The standard InChI is InChI=1S/C17H25BFN3O2/c1-12(2)11-21-7-8-22-15(21)10-13(20-22)9-14(19)18-23-16(3,4)17(5,6)24-18/h7-10,12H,11H2,1-6H3. The fraction of sp³-hybridized carbons (Fsp3) is 0.588. The second kappa shape index (κ2) is 5.74. The largest absolute Gasteiger partial charge is 0.525 e. The molecule has 0 unspecified atom stereocenters. The van der Waals surface area contributed by atoms with Crippen LogP contribution in [0.5, 0.6) is 0 Å². The summed E-state index contributed by atoms with van der Waals surface area (Å²) < 4.78 is 29.9. The molecule has 1 saturated heterocycles. The predicted octanol–water partition coefficient (Wildman–Crippen LogP) is 3.73. The first-order valence-corrected chi connectivity index (χ1v) is 8.36. The van der Waals surface area contributed by atoms with Gasteiger partial charge in [-0.25, -0.2) is 8.91 Å². The van der Waals surface area contributed by atoms with E-state index in [4.69, 9.17) is 9.31 Å². The molecule has 2 aromatic heterocycles. The second-order valence-electron chi connectivity index (χ2n) is 7.83. The van der Waals surface area contributed by atoms with Gasteiger partial charge in [0.25, 0.3) is 0 Å². The Hall–Kier alpha value is -1.60. The third-order valence-electron chi connectivity index (χ3n) is 4.74. The first-order chi connectivity index (χ1) is 11.1. The number of rotatable bonds is 4. The Morgan fingerprint density at radius 1 is 1.25 bits per heavy atom. The van der Waals surface area contributed by atoms with Gasteiger partial charge in [0, 0.05) is 25.0 Å². The summed E-state index contributed by atoms with van der Waals surface area (Å²) in [5.41, 5.74) is -0.0950. The maximum atomic E-state index is 14.6. The van der Waals surface area contributed by atoms with Crippen LogP contribution < -0.4 is 0 Å². The molecule has 0 saturated carbocycles. The minimum atomic E-state index is -0.992. The molecule has 0 radical (unpaired) electrons. The van der Waals surface area contributed by atoms with Crippen LogP contribution in [-0.2, 0) is 15.9 Å². The Balaban J connectivity index is 1.84. The Kier molecular flexibility index (Phi) is 4.12. The Morgan fingerprint density at radius 3 is 2.46 bits per heavy atom. The Labute approximate surface area is 142 Å². The Morgan fingerprint density at radius 2 is 1.88 bits per heavy atom. The number of imidazole rings is 1. The molecular formula is C17H25BFN3O2. The molecule has 3 rings (SSSR count).